The second kappa shape index (κ2) is 5.08. The molecule has 0 spiro atoms. The third-order valence-corrected chi connectivity index (χ3v) is 5.95. The first-order valence-electron chi connectivity index (χ1n) is 8.08. The molecular formula is C16H28N2O. The number of nitrogens with two attached hydrogens (primary N) is 1. The van der Waals surface area contributed by atoms with E-state index in [1.807, 2.05) is 4.90 Å². The largest absolute Gasteiger partial charge is 0.339 e. The van der Waals surface area contributed by atoms with Crippen LogP contribution < -0.4 is 5.73 Å². The van der Waals surface area contributed by atoms with Gasteiger partial charge in [-0.3, -0.25) is 4.79 Å². The molecule has 4 fully saturated rings. The van der Waals surface area contributed by atoms with Crippen molar-refractivity contribution in [3.63, 3.8) is 0 Å². The van der Waals surface area contributed by atoms with Crippen molar-refractivity contribution in [3.8, 4) is 0 Å². The van der Waals surface area contributed by atoms with Gasteiger partial charge in [0.2, 0.25) is 5.91 Å². The highest BCUT2D eigenvalue weighted by atomic mass is 16.2. The van der Waals surface area contributed by atoms with Gasteiger partial charge < -0.3 is 10.6 Å². The second-order valence-corrected chi connectivity index (χ2v) is 7.44. The molecule has 0 heterocycles. The Morgan fingerprint density at radius 3 is 2.05 bits per heavy atom. The van der Waals surface area contributed by atoms with E-state index >= 15 is 0 Å². The lowest BCUT2D eigenvalue weighted by Crippen LogP contribution is -2.52. The quantitative estimate of drug-likeness (QED) is 0.846. The zero-order valence-electron chi connectivity index (χ0n) is 12.3. The number of hydrogen-bond donors (Lipinski definition) is 1. The van der Waals surface area contributed by atoms with Gasteiger partial charge in [-0.25, -0.2) is 0 Å². The number of rotatable bonds is 4. The van der Waals surface area contributed by atoms with Gasteiger partial charge in [0.25, 0.3) is 0 Å². The molecule has 4 saturated carbocycles. The van der Waals surface area contributed by atoms with Crippen molar-refractivity contribution in [2.24, 2.45) is 35.3 Å². The molecule has 0 aliphatic heterocycles. The summed E-state index contributed by atoms with van der Waals surface area (Å²) in [4.78, 5) is 14.1. The maximum atomic E-state index is 12.0. The van der Waals surface area contributed by atoms with Crippen LogP contribution in [0.3, 0.4) is 0 Å². The molecule has 0 radical (unpaired) electrons. The number of carbonyl (C=O) groups is 1. The summed E-state index contributed by atoms with van der Waals surface area (Å²) in [5.41, 5.74) is 5.57. The molecule has 0 aromatic rings. The minimum absolute atomic E-state index is 0.129. The van der Waals surface area contributed by atoms with E-state index in [-0.39, 0.29) is 18.5 Å². The lowest BCUT2D eigenvalue weighted by Gasteiger charge is -2.55. The molecule has 1 amide bonds. The van der Waals surface area contributed by atoms with Crippen molar-refractivity contribution in [2.45, 2.75) is 52.0 Å². The van der Waals surface area contributed by atoms with E-state index in [2.05, 4.69) is 13.8 Å². The van der Waals surface area contributed by atoms with Gasteiger partial charge in [0, 0.05) is 12.6 Å². The smallest absolute Gasteiger partial charge is 0.236 e. The summed E-state index contributed by atoms with van der Waals surface area (Å²) in [7, 11) is 0. The molecular weight excluding hydrogens is 236 g/mol. The van der Waals surface area contributed by atoms with Crippen molar-refractivity contribution >= 4 is 5.91 Å². The number of hydrogen-bond acceptors (Lipinski definition) is 2. The fourth-order valence-electron chi connectivity index (χ4n) is 5.28. The van der Waals surface area contributed by atoms with Crippen molar-refractivity contribution in [2.75, 3.05) is 13.1 Å². The molecule has 0 atom stereocenters. The fourth-order valence-corrected chi connectivity index (χ4v) is 5.28. The van der Waals surface area contributed by atoms with E-state index in [1.54, 1.807) is 0 Å². The molecule has 3 heteroatoms. The summed E-state index contributed by atoms with van der Waals surface area (Å²) < 4.78 is 0. The van der Waals surface area contributed by atoms with Crippen LogP contribution in [0.15, 0.2) is 0 Å². The minimum atomic E-state index is 0.129. The highest BCUT2D eigenvalue weighted by Crippen LogP contribution is 2.56. The van der Waals surface area contributed by atoms with Gasteiger partial charge in [-0.15, -0.1) is 0 Å². The first-order chi connectivity index (χ1) is 9.08. The van der Waals surface area contributed by atoms with Crippen LogP contribution in [0.5, 0.6) is 0 Å². The van der Waals surface area contributed by atoms with Gasteiger partial charge in [-0.05, 0) is 75.5 Å². The monoisotopic (exact) mass is 264 g/mol. The first kappa shape index (κ1) is 13.4. The Labute approximate surface area is 116 Å². The lowest BCUT2D eigenvalue weighted by molar-refractivity contribution is -0.135. The van der Waals surface area contributed by atoms with Crippen LogP contribution in [0.1, 0.15) is 46.0 Å². The van der Waals surface area contributed by atoms with Crippen LogP contribution in [0.2, 0.25) is 0 Å². The Hall–Kier alpha value is -0.570. The average molecular weight is 264 g/mol. The van der Waals surface area contributed by atoms with Crippen LogP contribution in [0, 0.1) is 29.6 Å². The summed E-state index contributed by atoms with van der Waals surface area (Å²) in [6.45, 7) is 5.35. The Morgan fingerprint density at radius 1 is 1.11 bits per heavy atom. The summed E-state index contributed by atoms with van der Waals surface area (Å²) >= 11 is 0. The van der Waals surface area contributed by atoms with E-state index in [4.69, 9.17) is 5.73 Å². The number of amides is 1. The van der Waals surface area contributed by atoms with Crippen molar-refractivity contribution < 1.29 is 4.79 Å². The zero-order chi connectivity index (χ0) is 13.6. The van der Waals surface area contributed by atoms with E-state index in [0.717, 1.165) is 36.1 Å². The summed E-state index contributed by atoms with van der Waals surface area (Å²) in [5, 5.41) is 0. The highest BCUT2D eigenvalue weighted by Gasteiger charge is 2.48. The fraction of sp³-hybridized carbons (Fsp3) is 0.938. The van der Waals surface area contributed by atoms with Crippen LogP contribution in [0.25, 0.3) is 0 Å². The van der Waals surface area contributed by atoms with Crippen LogP contribution >= 0.6 is 0 Å². The normalized spacial score (nSPS) is 39.9. The van der Waals surface area contributed by atoms with Crippen LogP contribution in [-0.4, -0.2) is 29.9 Å². The molecule has 108 valence electrons. The zero-order valence-corrected chi connectivity index (χ0v) is 12.3. The Kier molecular flexibility index (Phi) is 3.59. The second-order valence-electron chi connectivity index (χ2n) is 7.44. The standard InChI is InChI=1S/C16H28N2O/c1-10(2)18(16(19)8-17)9-15-13-4-11-3-12(6-13)7-14(15)5-11/h10-15H,3-9,17H2,1-2H3. The predicted molar refractivity (Wildman–Crippen MR) is 76.4 cm³/mol. The van der Waals surface area contributed by atoms with E-state index in [1.165, 1.54) is 32.1 Å². The van der Waals surface area contributed by atoms with Gasteiger partial charge in [0.05, 0.1) is 6.54 Å². The third kappa shape index (κ3) is 2.42. The maximum absolute atomic E-state index is 12.0. The average Bonchev–Trinajstić information content (AvgIpc) is 2.36. The predicted octanol–water partition coefficient (Wildman–Crippen LogP) is 2.25. The van der Waals surface area contributed by atoms with Crippen LogP contribution in [-0.2, 0) is 4.79 Å². The molecule has 0 unspecified atom stereocenters. The van der Waals surface area contributed by atoms with Gasteiger partial charge in [-0.2, -0.15) is 0 Å². The van der Waals surface area contributed by atoms with Crippen molar-refractivity contribution in [3.05, 3.63) is 0 Å². The molecule has 4 rings (SSSR count). The molecule has 2 N–H and O–H groups in total. The van der Waals surface area contributed by atoms with Crippen molar-refractivity contribution in [1.82, 2.24) is 4.90 Å². The van der Waals surface area contributed by atoms with E-state index in [0.29, 0.717) is 0 Å². The SMILES string of the molecule is CC(C)N(CC1C2CC3CC(C2)CC1C3)C(=O)CN. The number of nitrogens with zero attached hydrogens (tertiary/aromatic N) is 1. The summed E-state index contributed by atoms with van der Waals surface area (Å²) in [6, 6.07) is 0.285. The third-order valence-electron chi connectivity index (χ3n) is 5.95. The molecule has 0 saturated heterocycles. The van der Waals surface area contributed by atoms with Gasteiger partial charge in [0.15, 0.2) is 0 Å². The topological polar surface area (TPSA) is 46.3 Å². The Bertz CT molecular complexity index is 325. The maximum Gasteiger partial charge on any atom is 0.236 e. The van der Waals surface area contributed by atoms with Gasteiger partial charge in [0.1, 0.15) is 0 Å². The molecule has 19 heavy (non-hydrogen) atoms. The molecule has 4 aliphatic rings. The minimum Gasteiger partial charge on any atom is -0.339 e. The van der Waals surface area contributed by atoms with Gasteiger partial charge >= 0.3 is 0 Å². The summed E-state index contributed by atoms with van der Waals surface area (Å²) in [5.74, 6) is 4.69. The van der Waals surface area contributed by atoms with Gasteiger partial charge in [-0.1, -0.05) is 0 Å². The highest BCUT2D eigenvalue weighted by molar-refractivity contribution is 5.78. The van der Waals surface area contributed by atoms with Crippen molar-refractivity contribution in [1.29, 1.82) is 0 Å². The molecule has 4 bridgehead atoms. The first-order valence-corrected chi connectivity index (χ1v) is 8.08. The van der Waals surface area contributed by atoms with E-state index in [9.17, 15) is 4.79 Å². The Morgan fingerprint density at radius 2 is 1.63 bits per heavy atom. The molecule has 0 aromatic carbocycles. The molecule has 3 nitrogen and oxygen atoms in total. The van der Waals surface area contributed by atoms with Crippen LogP contribution in [0.4, 0.5) is 0 Å². The summed E-state index contributed by atoms with van der Waals surface area (Å²) in [6.07, 6.45) is 7.22. The van der Waals surface area contributed by atoms with E-state index < -0.39 is 0 Å². The molecule has 0 aromatic heterocycles. The molecule has 4 aliphatic carbocycles. The Balaban J connectivity index is 1.70. The lowest BCUT2D eigenvalue weighted by atomic mass is 9.52. The number of carbonyl (C=O) groups excluding carboxylic acids is 1.